The van der Waals surface area contributed by atoms with E-state index >= 15 is 0 Å². The Labute approximate surface area is 123 Å². The second kappa shape index (κ2) is 6.07. The Balaban J connectivity index is 2.02. The Hall–Kier alpha value is -2.18. The van der Waals surface area contributed by atoms with Crippen LogP contribution in [0.2, 0.25) is 0 Å². The van der Waals surface area contributed by atoms with Gasteiger partial charge in [0, 0.05) is 39.5 Å². The van der Waals surface area contributed by atoms with Gasteiger partial charge in [0.1, 0.15) is 6.04 Å². The minimum Gasteiger partial charge on any atom is -0.339 e. The van der Waals surface area contributed by atoms with Crippen LogP contribution in [0.3, 0.4) is 0 Å². The second-order valence-electron chi connectivity index (χ2n) is 5.26. The van der Waals surface area contributed by atoms with Crippen LogP contribution >= 0.6 is 0 Å². The molecule has 2 aliphatic heterocycles. The summed E-state index contributed by atoms with van der Waals surface area (Å²) in [5, 5.41) is 0. The number of Topliss-reactive ketones (excluding diaryl/α,β-unsaturated/α-hetero) is 1. The van der Waals surface area contributed by atoms with E-state index in [0.717, 1.165) is 6.08 Å². The van der Waals surface area contributed by atoms with Crippen LogP contribution < -0.4 is 0 Å². The number of nitrogens with zero attached hydrogens (tertiary/aromatic N) is 3. The Morgan fingerprint density at radius 1 is 1.14 bits per heavy atom. The summed E-state index contributed by atoms with van der Waals surface area (Å²) in [4.78, 5) is 51.6. The van der Waals surface area contributed by atoms with E-state index < -0.39 is 11.9 Å². The molecular weight excluding hydrogens is 274 g/mol. The average molecular weight is 293 g/mol. The molecule has 2 heterocycles. The second-order valence-corrected chi connectivity index (χ2v) is 5.26. The van der Waals surface area contributed by atoms with Crippen LogP contribution in [0.25, 0.3) is 0 Å². The molecule has 2 rings (SSSR count). The predicted molar refractivity (Wildman–Crippen MR) is 74.2 cm³/mol. The van der Waals surface area contributed by atoms with Gasteiger partial charge in [-0.1, -0.05) is 6.58 Å². The Morgan fingerprint density at radius 3 is 2.24 bits per heavy atom. The summed E-state index contributed by atoms with van der Waals surface area (Å²) in [5.74, 6) is -0.756. The molecule has 1 atom stereocenters. The van der Waals surface area contributed by atoms with Crippen LogP contribution in [0.1, 0.15) is 13.3 Å². The Kier molecular flexibility index (Phi) is 4.40. The Bertz CT molecular complexity index is 494. The zero-order valence-electron chi connectivity index (χ0n) is 12.1. The van der Waals surface area contributed by atoms with Gasteiger partial charge in [-0.15, -0.1) is 0 Å². The maximum atomic E-state index is 12.5. The first-order valence-electron chi connectivity index (χ1n) is 6.93. The monoisotopic (exact) mass is 293 g/mol. The summed E-state index contributed by atoms with van der Waals surface area (Å²) < 4.78 is 0. The summed E-state index contributed by atoms with van der Waals surface area (Å²) in [7, 11) is 0. The third kappa shape index (κ3) is 3.12. The van der Waals surface area contributed by atoms with E-state index in [2.05, 4.69) is 6.58 Å². The molecule has 0 spiro atoms. The van der Waals surface area contributed by atoms with Gasteiger partial charge in [0.05, 0.1) is 6.54 Å². The minimum absolute atomic E-state index is 0.0124. The summed E-state index contributed by atoms with van der Waals surface area (Å²) in [6.45, 7) is 6.68. The molecule has 21 heavy (non-hydrogen) atoms. The Morgan fingerprint density at radius 2 is 1.71 bits per heavy atom. The highest BCUT2D eigenvalue weighted by Gasteiger charge is 2.40. The van der Waals surface area contributed by atoms with Crippen molar-refractivity contribution in [2.45, 2.75) is 19.4 Å². The number of carbonyl (C=O) groups is 4. The van der Waals surface area contributed by atoms with Gasteiger partial charge >= 0.3 is 0 Å². The number of likely N-dealkylation sites (tertiary alicyclic amines) is 1. The van der Waals surface area contributed by atoms with Gasteiger partial charge in [-0.05, 0) is 6.08 Å². The molecule has 7 nitrogen and oxygen atoms in total. The van der Waals surface area contributed by atoms with E-state index in [9.17, 15) is 19.2 Å². The molecule has 114 valence electrons. The highest BCUT2D eigenvalue weighted by atomic mass is 16.2. The maximum Gasteiger partial charge on any atom is 0.247 e. The predicted octanol–water partition coefficient (Wildman–Crippen LogP) is -0.967. The van der Waals surface area contributed by atoms with Crippen LogP contribution in [-0.4, -0.2) is 77.0 Å². The van der Waals surface area contributed by atoms with Crippen molar-refractivity contribution in [2.24, 2.45) is 0 Å². The molecule has 0 bridgehead atoms. The molecule has 3 amide bonds. The third-order valence-electron chi connectivity index (χ3n) is 3.92. The first-order chi connectivity index (χ1) is 9.93. The van der Waals surface area contributed by atoms with E-state index in [0.29, 0.717) is 26.2 Å². The SMILES string of the molecule is C=CC(=O)N1CC(=O)CC1C(=O)N1CCN(C(C)=O)CC1. The molecule has 2 fully saturated rings. The third-order valence-corrected chi connectivity index (χ3v) is 3.92. The number of amides is 3. The number of hydrogen-bond donors (Lipinski definition) is 0. The molecule has 0 aromatic heterocycles. The number of rotatable bonds is 2. The highest BCUT2D eigenvalue weighted by Crippen LogP contribution is 2.18. The van der Waals surface area contributed by atoms with Crippen molar-refractivity contribution in [1.82, 2.24) is 14.7 Å². The van der Waals surface area contributed by atoms with Crippen molar-refractivity contribution in [3.8, 4) is 0 Å². The number of piperazine rings is 1. The number of carbonyl (C=O) groups excluding carboxylic acids is 4. The maximum absolute atomic E-state index is 12.5. The molecule has 2 aliphatic rings. The lowest BCUT2D eigenvalue weighted by atomic mass is 10.1. The van der Waals surface area contributed by atoms with E-state index in [1.54, 1.807) is 9.80 Å². The molecule has 1 unspecified atom stereocenters. The standard InChI is InChI=1S/C14H19N3O4/c1-3-13(20)17-9-11(19)8-12(17)14(21)16-6-4-15(5-7-16)10(2)18/h3,12H,1,4-9H2,2H3. The molecule has 7 heteroatoms. The van der Waals surface area contributed by atoms with E-state index in [4.69, 9.17) is 0 Å². The van der Waals surface area contributed by atoms with E-state index in [1.807, 2.05) is 0 Å². The fourth-order valence-corrected chi connectivity index (χ4v) is 2.71. The summed E-state index contributed by atoms with van der Waals surface area (Å²) >= 11 is 0. The van der Waals surface area contributed by atoms with Gasteiger partial charge < -0.3 is 14.7 Å². The first kappa shape index (κ1) is 15.2. The number of hydrogen-bond acceptors (Lipinski definition) is 4. The molecule has 0 saturated carbocycles. The van der Waals surface area contributed by atoms with Gasteiger partial charge in [-0.2, -0.15) is 0 Å². The van der Waals surface area contributed by atoms with Crippen molar-refractivity contribution < 1.29 is 19.2 Å². The summed E-state index contributed by atoms with van der Waals surface area (Å²) in [5.41, 5.74) is 0. The van der Waals surface area contributed by atoms with Gasteiger partial charge in [0.2, 0.25) is 17.7 Å². The van der Waals surface area contributed by atoms with E-state index in [-0.39, 0.29) is 30.6 Å². The normalized spacial score (nSPS) is 22.4. The smallest absolute Gasteiger partial charge is 0.247 e. The molecule has 0 aromatic rings. The van der Waals surface area contributed by atoms with E-state index in [1.165, 1.54) is 11.8 Å². The molecule has 0 aliphatic carbocycles. The summed E-state index contributed by atoms with van der Waals surface area (Å²) in [6.07, 6.45) is 1.18. The van der Waals surface area contributed by atoms with Crippen molar-refractivity contribution in [1.29, 1.82) is 0 Å². The minimum atomic E-state index is -0.730. The fourth-order valence-electron chi connectivity index (χ4n) is 2.71. The molecule has 0 radical (unpaired) electrons. The molecule has 0 N–H and O–H groups in total. The van der Waals surface area contributed by atoms with Crippen molar-refractivity contribution in [3.05, 3.63) is 12.7 Å². The van der Waals surface area contributed by atoms with Crippen molar-refractivity contribution in [2.75, 3.05) is 32.7 Å². The fraction of sp³-hybridized carbons (Fsp3) is 0.571. The van der Waals surface area contributed by atoms with Gasteiger partial charge in [-0.3, -0.25) is 19.2 Å². The van der Waals surface area contributed by atoms with Gasteiger partial charge in [-0.25, -0.2) is 0 Å². The quantitative estimate of drug-likeness (QED) is 0.614. The highest BCUT2D eigenvalue weighted by molar-refractivity contribution is 6.01. The lowest BCUT2D eigenvalue weighted by molar-refractivity contribution is -0.144. The largest absolute Gasteiger partial charge is 0.339 e. The molecule has 0 aromatic carbocycles. The number of ketones is 1. The topological polar surface area (TPSA) is 78.0 Å². The van der Waals surface area contributed by atoms with Crippen LogP contribution in [-0.2, 0) is 19.2 Å². The lowest BCUT2D eigenvalue weighted by Crippen LogP contribution is -2.55. The van der Waals surface area contributed by atoms with Gasteiger partial charge in [0.25, 0.3) is 0 Å². The van der Waals surface area contributed by atoms with Crippen molar-refractivity contribution in [3.63, 3.8) is 0 Å². The van der Waals surface area contributed by atoms with Crippen molar-refractivity contribution >= 4 is 23.5 Å². The van der Waals surface area contributed by atoms with Gasteiger partial charge in [0.15, 0.2) is 5.78 Å². The zero-order chi connectivity index (χ0) is 15.6. The zero-order valence-corrected chi connectivity index (χ0v) is 12.1. The van der Waals surface area contributed by atoms with Crippen LogP contribution in [0.4, 0.5) is 0 Å². The molecule has 2 saturated heterocycles. The molecular formula is C14H19N3O4. The lowest BCUT2D eigenvalue weighted by Gasteiger charge is -2.36. The van der Waals surface area contributed by atoms with Crippen LogP contribution in [0.5, 0.6) is 0 Å². The van der Waals surface area contributed by atoms with Crippen LogP contribution in [0.15, 0.2) is 12.7 Å². The van der Waals surface area contributed by atoms with Crippen LogP contribution in [0, 0.1) is 0 Å². The average Bonchev–Trinajstić information content (AvgIpc) is 2.87. The summed E-state index contributed by atoms with van der Waals surface area (Å²) in [6, 6.07) is -0.730. The first-order valence-corrected chi connectivity index (χ1v) is 6.93.